The van der Waals surface area contributed by atoms with Crippen LogP contribution in [0, 0.1) is 13.8 Å². The van der Waals surface area contributed by atoms with E-state index in [1.807, 2.05) is 32.0 Å². The molecule has 0 aliphatic heterocycles. The molecule has 0 heterocycles. The molecule has 0 unspecified atom stereocenters. The molecule has 6 nitrogen and oxygen atoms in total. The van der Waals surface area contributed by atoms with Crippen molar-refractivity contribution in [3.05, 3.63) is 46.5 Å². The number of urea groups is 1. The smallest absolute Gasteiger partial charge is 0.319 e. The number of hydrogen-bond donors (Lipinski definition) is 2. The minimum absolute atomic E-state index is 0.353. The first-order valence-electron chi connectivity index (χ1n) is 8.11. The van der Waals surface area contributed by atoms with Crippen molar-refractivity contribution < 1.29 is 19.0 Å². The summed E-state index contributed by atoms with van der Waals surface area (Å²) in [7, 11) is 3.00. The normalized spacial score (nSPS) is 10.2. The zero-order chi connectivity index (χ0) is 19.1. The summed E-state index contributed by atoms with van der Waals surface area (Å²) in [6, 6.07) is 8.69. The molecule has 0 radical (unpaired) electrons. The lowest BCUT2D eigenvalue weighted by atomic mass is 10.1. The van der Waals surface area contributed by atoms with Crippen LogP contribution in [-0.2, 0) is 0 Å². The minimum Gasteiger partial charge on any atom is -0.495 e. The van der Waals surface area contributed by atoms with E-state index in [9.17, 15) is 4.79 Å². The van der Waals surface area contributed by atoms with E-state index in [0.29, 0.717) is 35.4 Å². The van der Waals surface area contributed by atoms with Crippen molar-refractivity contribution in [3.63, 3.8) is 0 Å². The molecular weight excluding hydrogens is 356 g/mol. The second-order valence-corrected chi connectivity index (χ2v) is 6.07. The van der Waals surface area contributed by atoms with Crippen molar-refractivity contribution in [2.24, 2.45) is 0 Å². The summed E-state index contributed by atoms with van der Waals surface area (Å²) in [6.45, 7) is 4.79. The van der Waals surface area contributed by atoms with Gasteiger partial charge in [-0.25, -0.2) is 4.79 Å². The van der Waals surface area contributed by atoms with Crippen LogP contribution in [0.4, 0.5) is 10.5 Å². The third-order valence-corrected chi connectivity index (χ3v) is 4.15. The van der Waals surface area contributed by atoms with Crippen LogP contribution < -0.4 is 24.8 Å². The number of methoxy groups -OCH3 is 2. The van der Waals surface area contributed by atoms with Gasteiger partial charge in [0, 0.05) is 12.1 Å². The van der Waals surface area contributed by atoms with E-state index in [1.165, 1.54) is 19.8 Å². The van der Waals surface area contributed by atoms with Crippen LogP contribution >= 0.6 is 11.6 Å². The fourth-order valence-corrected chi connectivity index (χ4v) is 2.49. The molecule has 0 atom stereocenters. The van der Waals surface area contributed by atoms with Crippen molar-refractivity contribution in [3.8, 4) is 17.2 Å². The highest BCUT2D eigenvalue weighted by Crippen LogP contribution is 2.35. The first-order chi connectivity index (χ1) is 12.4. The van der Waals surface area contributed by atoms with Crippen molar-refractivity contribution in [2.75, 3.05) is 32.7 Å². The second-order valence-electron chi connectivity index (χ2n) is 5.66. The Balaban J connectivity index is 1.86. The minimum atomic E-state index is -0.378. The van der Waals surface area contributed by atoms with E-state index >= 15 is 0 Å². The molecular formula is C19H23ClN2O4. The van der Waals surface area contributed by atoms with Gasteiger partial charge in [-0.1, -0.05) is 17.7 Å². The Morgan fingerprint density at radius 1 is 1.04 bits per heavy atom. The lowest BCUT2D eigenvalue weighted by Crippen LogP contribution is -2.32. The van der Waals surface area contributed by atoms with Gasteiger partial charge in [0.15, 0.2) is 0 Å². The molecule has 0 aliphatic carbocycles. The van der Waals surface area contributed by atoms with Gasteiger partial charge < -0.3 is 24.8 Å². The number of rotatable bonds is 7. The van der Waals surface area contributed by atoms with Crippen molar-refractivity contribution in [1.82, 2.24) is 5.32 Å². The number of halogens is 1. The third kappa shape index (κ3) is 5.20. The van der Waals surface area contributed by atoms with Crippen LogP contribution in [0.15, 0.2) is 30.3 Å². The Labute approximate surface area is 158 Å². The summed E-state index contributed by atoms with van der Waals surface area (Å²) in [6.07, 6.45) is 0. The largest absolute Gasteiger partial charge is 0.495 e. The Bertz CT molecular complexity index is 780. The molecule has 0 spiro atoms. The van der Waals surface area contributed by atoms with Crippen molar-refractivity contribution >= 4 is 23.3 Å². The van der Waals surface area contributed by atoms with Crippen LogP contribution in [0.25, 0.3) is 0 Å². The first kappa shape index (κ1) is 19.7. The molecule has 2 aromatic rings. The highest BCUT2D eigenvalue weighted by Gasteiger charge is 2.12. The Kier molecular flexibility index (Phi) is 6.97. The molecule has 0 aromatic heterocycles. The van der Waals surface area contributed by atoms with E-state index in [2.05, 4.69) is 10.6 Å². The average molecular weight is 379 g/mol. The summed E-state index contributed by atoms with van der Waals surface area (Å²) in [4.78, 5) is 12.1. The fraction of sp³-hybridized carbons (Fsp3) is 0.316. The van der Waals surface area contributed by atoms with Crippen molar-refractivity contribution in [1.29, 1.82) is 0 Å². The summed E-state index contributed by atoms with van der Waals surface area (Å²) in [5, 5.41) is 5.84. The molecule has 0 saturated heterocycles. The number of amides is 2. The SMILES string of the molecule is COc1cc(NC(=O)NCCOc2ccc(C)c(C)c2)c(OC)cc1Cl. The maximum absolute atomic E-state index is 12.1. The number of hydrogen-bond acceptors (Lipinski definition) is 4. The van der Waals surface area contributed by atoms with Crippen LogP contribution in [0.3, 0.4) is 0 Å². The molecule has 140 valence electrons. The monoisotopic (exact) mass is 378 g/mol. The Morgan fingerprint density at radius 3 is 2.42 bits per heavy atom. The van der Waals surface area contributed by atoms with E-state index in [-0.39, 0.29) is 6.03 Å². The quantitative estimate of drug-likeness (QED) is 0.709. The van der Waals surface area contributed by atoms with Crippen LogP contribution in [-0.4, -0.2) is 33.4 Å². The summed E-state index contributed by atoms with van der Waals surface area (Å²) < 4.78 is 16.0. The van der Waals surface area contributed by atoms with Gasteiger partial charge in [0.25, 0.3) is 0 Å². The number of benzene rings is 2. The molecule has 2 rings (SSSR count). The van der Waals surface area contributed by atoms with Gasteiger partial charge in [-0.15, -0.1) is 0 Å². The second kappa shape index (κ2) is 9.20. The highest BCUT2D eigenvalue weighted by molar-refractivity contribution is 6.32. The highest BCUT2D eigenvalue weighted by atomic mass is 35.5. The van der Waals surface area contributed by atoms with Crippen LogP contribution in [0.1, 0.15) is 11.1 Å². The molecule has 7 heteroatoms. The lowest BCUT2D eigenvalue weighted by molar-refractivity contribution is 0.247. The molecule has 2 amide bonds. The molecule has 2 aromatic carbocycles. The van der Waals surface area contributed by atoms with Gasteiger partial charge in [-0.05, 0) is 37.1 Å². The maximum atomic E-state index is 12.1. The van der Waals surface area contributed by atoms with E-state index in [1.54, 1.807) is 12.1 Å². The van der Waals surface area contributed by atoms with Crippen LogP contribution in [0.5, 0.6) is 17.2 Å². The van der Waals surface area contributed by atoms with Gasteiger partial charge in [-0.2, -0.15) is 0 Å². The van der Waals surface area contributed by atoms with Gasteiger partial charge in [-0.3, -0.25) is 0 Å². The fourth-order valence-electron chi connectivity index (χ4n) is 2.26. The predicted octanol–water partition coefficient (Wildman–Crippen LogP) is 4.17. The molecule has 0 saturated carbocycles. The van der Waals surface area contributed by atoms with Crippen LogP contribution in [0.2, 0.25) is 5.02 Å². The van der Waals surface area contributed by atoms with Crippen molar-refractivity contribution in [2.45, 2.75) is 13.8 Å². The Morgan fingerprint density at radius 2 is 1.77 bits per heavy atom. The van der Waals surface area contributed by atoms with Gasteiger partial charge in [0.05, 0.1) is 31.5 Å². The predicted molar refractivity (Wildman–Crippen MR) is 103 cm³/mol. The average Bonchev–Trinajstić information content (AvgIpc) is 2.62. The maximum Gasteiger partial charge on any atom is 0.319 e. The van der Waals surface area contributed by atoms with Gasteiger partial charge in [0.2, 0.25) is 0 Å². The Hall–Kier alpha value is -2.60. The van der Waals surface area contributed by atoms with Gasteiger partial charge in [0.1, 0.15) is 23.9 Å². The zero-order valence-electron chi connectivity index (χ0n) is 15.3. The third-order valence-electron chi connectivity index (χ3n) is 3.86. The zero-order valence-corrected chi connectivity index (χ0v) is 16.1. The lowest BCUT2D eigenvalue weighted by Gasteiger charge is -2.14. The summed E-state index contributed by atoms with van der Waals surface area (Å²) in [5.41, 5.74) is 2.83. The molecule has 0 bridgehead atoms. The number of aryl methyl sites for hydroxylation is 2. The summed E-state index contributed by atoms with van der Waals surface area (Å²) in [5.74, 6) is 1.66. The number of carbonyl (C=O) groups is 1. The standard InChI is InChI=1S/C19H23ClN2O4/c1-12-5-6-14(9-13(12)2)26-8-7-21-19(23)22-16-11-17(24-3)15(20)10-18(16)25-4/h5-6,9-11H,7-8H2,1-4H3,(H2,21,22,23). The first-order valence-corrected chi connectivity index (χ1v) is 8.48. The molecule has 0 fully saturated rings. The molecule has 0 aliphatic rings. The number of carbonyl (C=O) groups excluding carboxylic acids is 1. The molecule has 26 heavy (non-hydrogen) atoms. The van der Waals surface area contributed by atoms with Gasteiger partial charge >= 0.3 is 6.03 Å². The number of anilines is 1. The van der Waals surface area contributed by atoms with E-state index in [0.717, 1.165) is 11.3 Å². The van der Waals surface area contributed by atoms with E-state index < -0.39 is 0 Å². The van der Waals surface area contributed by atoms with E-state index in [4.69, 9.17) is 25.8 Å². The summed E-state index contributed by atoms with van der Waals surface area (Å²) >= 11 is 6.05. The topological polar surface area (TPSA) is 68.8 Å². The number of ether oxygens (including phenoxy) is 3. The number of nitrogens with one attached hydrogen (secondary N) is 2. The molecule has 2 N–H and O–H groups in total.